The number of carbonyl (C=O) groups excluding carboxylic acids is 1. The molecule has 0 radical (unpaired) electrons. The van der Waals surface area contributed by atoms with Gasteiger partial charge in [-0.15, -0.1) is 17.8 Å². The summed E-state index contributed by atoms with van der Waals surface area (Å²) in [7, 11) is -3.75. The van der Waals surface area contributed by atoms with Crippen LogP contribution in [-0.2, 0) is 14.6 Å². The lowest BCUT2D eigenvalue weighted by atomic mass is 9.90. The van der Waals surface area contributed by atoms with E-state index in [2.05, 4.69) is 11.2 Å². The van der Waals surface area contributed by atoms with Crippen LogP contribution in [0.2, 0.25) is 0 Å². The van der Waals surface area contributed by atoms with Crippen LogP contribution in [0.1, 0.15) is 28.3 Å². The third-order valence-electron chi connectivity index (χ3n) is 4.96. The fourth-order valence-electron chi connectivity index (χ4n) is 3.46. The molecule has 152 valence electrons. The second-order valence-electron chi connectivity index (χ2n) is 7.03. The topological polar surface area (TPSA) is 72.5 Å². The Hall–Kier alpha value is -3.08. The number of hydrogen-bond donors (Lipinski definition) is 1. The molecule has 0 saturated heterocycles. The number of anilines is 1. The van der Waals surface area contributed by atoms with Crippen LogP contribution in [0.3, 0.4) is 0 Å². The van der Waals surface area contributed by atoms with Crippen LogP contribution in [0.15, 0.2) is 63.7 Å². The van der Waals surface area contributed by atoms with E-state index in [0.29, 0.717) is 11.4 Å². The molecule has 30 heavy (non-hydrogen) atoms. The van der Waals surface area contributed by atoms with Crippen molar-refractivity contribution in [2.75, 3.05) is 11.9 Å². The van der Waals surface area contributed by atoms with Gasteiger partial charge in [-0.2, -0.15) is 0 Å². The van der Waals surface area contributed by atoms with Crippen molar-refractivity contribution >= 4 is 32.8 Å². The number of fused-ring (bicyclic) bond motifs is 1. The lowest BCUT2D eigenvalue weighted by Gasteiger charge is -2.24. The van der Waals surface area contributed by atoms with Crippen molar-refractivity contribution in [1.29, 1.82) is 0 Å². The van der Waals surface area contributed by atoms with Gasteiger partial charge in [0.1, 0.15) is 17.3 Å². The van der Waals surface area contributed by atoms with Crippen LogP contribution in [0.4, 0.5) is 5.69 Å². The minimum Gasteiger partial charge on any atom is -0.481 e. The molecule has 0 saturated carbocycles. The van der Waals surface area contributed by atoms with Crippen molar-refractivity contribution < 1.29 is 17.9 Å². The Bertz CT molecular complexity index is 1250. The summed E-state index contributed by atoms with van der Waals surface area (Å²) >= 11 is 1.34. The first-order valence-electron chi connectivity index (χ1n) is 9.29. The van der Waals surface area contributed by atoms with E-state index in [1.165, 1.54) is 11.3 Å². The maximum absolute atomic E-state index is 13.2. The fourth-order valence-corrected chi connectivity index (χ4v) is 6.37. The number of rotatable bonds is 5. The third kappa shape index (κ3) is 3.72. The zero-order valence-electron chi connectivity index (χ0n) is 16.2. The Morgan fingerprint density at radius 1 is 1.23 bits per heavy atom. The number of benzene rings is 2. The second-order valence-corrected chi connectivity index (χ2v) is 9.86. The highest BCUT2D eigenvalue weighted by atomic mass is 32.2. The number of nitrogens with one attached hydrogen (secondary N) is 1. The minimum absolute atomic E-state index is 0.129. The SMILES string of the molecule is C#CCOc1cccc([C@H]2CC(=O)Nc3c(S(=O)(=O)c4ccc(C)cc4)csc32)c1. The first-order chi connectivity index (χ1) is 14.4. The number of carbonyl (C=O) groups is 1. The number of aryl methyl sites for hydroxylation is 1. The lowest BCUT2D eigenvalue weighted by molar-refractivity contribution is -0.116. The van der Waals surface area contributed by atoms with E-state index in [1.807, 2.05) is 25.1 Å². The molecule has 1 aliphatic rings. The summed E-state index contributed by atoms with van der Waals surface area (Å²) in [6.07, 6.45) is 5.49. The molecule has 7 heteroatoms. The van der Waals surface area contributed by atoms with E-state index >= 15 is 0 Å². The maximum Gasteiger partial charge on any atom is 0.225 e. The van der Waals surface area contributed by atoms with Crippen molar-refractivity contribution in [3.63, 3.8) is 0 Å². The van der Waals surface area contributed by atoms with Gasteiger partial charge in [-0.25, -0.2) is 8.42 Å². The average molecular weight is 438 g/mol. The van der Waals surface area contributed by atoms with Gasteiger partial charge in [0.15, 0.2) is 0 Å². The Kier molecular flexibility index (Phi) is 5.37. The molecule has 0 bridgehead atoms. The first-order valence-corrected chi connectivity index (χ1v) is 11.7. The molecule has 1 aromatic heterocycles. The van der Waals surface area contributed by atoms with Crippen LogP contribution in [0, 0.1) is 19.3 Å². The van der Waals surface area contributed by atoms with Gasteiger partial charge in [0.2, 0.25) is 15.7 Å². The van der Waals surface area contributed by atoms with Gasteiger partial charge >= 0.3 is 0 Å². The van der Waals surface area contributed by atoms with Gasteiger partial charge in [-0.1, -0.05) is 35.7 Å². The first kappa shape index (κ1) is 20.2. The van der Waals surface area contributed by atoms with Crippen LogP contribution >= 0.6 is 11.3 Å². The van der Waals surface area contributed by atoms with Gasteiger partial charge in [0.05, 0.1) is 10.6 Å². The zero-order chi connectivity index (χ0) is 21.3. The summed E-state index contributed by atoms with van der Waals surface area (Å²) in [6.45, 7) is 2.05. The number of thiophene rings is 1. The van der Waals surface area contributed by atoms with Gasteiger partial charge in [0, 0.05) is 22.6 Å². The van der Waals surface area contributed by atoms with Gasteiger partial charge in [0.25, 0.3) is 0 Å². The molecule has 0 fully saturated rings. The number of amides is 1. The Morgan fingerprint density at radius 2 is 2.00 bits per heavy atom. The van der Waals surface area contributed by atoms with Gasteiger partial charge in [-0.05, 0) is 36.8 Å². The number of ether oxygens (including phenoxy) is 1. The molecule has 1 N–H and O–H groups in total. The average Bonchev–Trinajstić information content (AvgIpc) is 3.16. The molecule has 2 aromatic carbocycles. The standard InChI is InChI=1S/C23H19NO4S2/c1-3-11-28-17-6-4-5-16(12-17)19-13-21(25)24-22-20(14-29-23(19)22)30(26,27)18-9-7-15(2)8-10-18/h1,4-10,12,14,19H,11,13H2,2H3,(H,24,25)/t19-/m1/s1. The van der Waals surface area contributed by atoms with Gasteiger partial charge < -0.3 is 10.1 Å². The highest BCUT2D eigenvalue weighted by Crippen LogP contribution is 2.46. The molecule has 0 aliphatic carbocycles. The van der Waals surface area contributed by atoms with Crippen molar-refractivity contribution in [2.45, 2.75) is 29.1 Å². The molecule has 5 nitrogen and oxygen atoms in total. The molecule has 3 aromatic rings. The Labute approximate surface area is 179 Å². The summed E-state index contributed by atoms with van der Waals surface area (Å²) in [5, 5.41) is 4.39. The highest BCUT2D eigenvalue weighted by molar-refractivity contribution is 7.91. The molecule has 1 aliphatic heterocycles. The van der Waals surface area contributed by atoms with E-state index in [9.17, 15) is 13.2 Å². The zero-order valence-corrected chi connectivity index (χ0v) is 17.8. The normalized spacial score (nSPS) is 15.7. The smallest absolute Gasteiger partial charge is 0.225 e. The lowest BCUT2D eigenvalue weighted by Crippen LogP contribution is -2.23. The van der Waals surface area contributed by atoms with Crippen LogP contribution < -0.4 is 10.1 Å². The summed E-state index contributed by atoms with van der Waals surface area (Å²) in [4.78, 5) is 13.6. The summed E-state index contributed by atoms with van der Waals surface area (Å²) in [6, 6.07) is 14.1. The monoisotopic (exact) mass is 437 g/mol. The molecule has 0 spiro atoms. The minimum atomic E-state index is -3.75. The molecule has 1 atom stereocenters. The van der Waals surface area contributed by atoms with Gasteiger partial charge in [-0.3, -0.25) is 4.79 Å². The number of hydrogen-bond acceptors (Lipinski definition) is 5. The molecular weight excluding hydrogens is 418 g/mol. The van der Waals surface area contributed by atoms with E-state index in [1.54, 1.807) is 35.7 Å². The predicted molar refractivity (Wildman–Crippen MR) is 117 cm³/mol. The summed E-state index contributed by atoms with van der Waals surface area (Å²) in [5.74, 6) is 2.56. The summed E-state index contributed by atoms with van der Waals surface area (Å²) in [5.41, 5.74) is 2.22. The molecule has 1 amide bonds. The Morgan fingerprint density at radius 3 is 2.73 bits per heavy atom. The van der Waals surface area contributed by atoms with Crippen molar-refractivity contribution in [3.05, 3.63) is 69.9 Å². The predicted octanol–water partition coefficient (Wildman–Crippen LogP) is 4.38. The van der Waals surface area contributed by atoms with E-state index in [0.717, 1.165) is 16.0 Å². The fraction of sp³-hybridized carbons (Fsp3) is 0.174. The molecule has 0 unspecified atom stereocenters. The van der Waals surface area contributed by atoms with E-state index < -0.39 is 9.84 Å². The third-order valence-corrected chi connectivity index (χ3v) is 8.00. The van der Waals surface area contributed by atoms with Crippen molar-refractivity contribution in [3.8, 4) is 18.1 Å². The van der Waals surface area contributed by atoms with Crippen LogP contribution in [0.25, 0.3) is 0 Å². The van der Waals surface area contributed by atoms with E-state index in [-0.39, 0.29) is 34.6 Å². The number of sulfone groups is 1. The van der Waals surface area contributed by atoms with Crippen molar-refractivity contribution in [1.82, 2.24) is 0 Å². The van der Waals surface area contributed by atoms with Crippen LogP contribution in [0.5, 0.6) is 5.75 Å². The van der Waals surface area contributed by atoms with Crippen molar-refractivity contribution in [2.24, 2.45) is 0 Å². The Balaban J connectivity index is 1.76. The van der Waals surface area contributed by atoms with Crippen LogP contribution in [-0.4, -0.2) is 20.9 Å². The second kappa shape index (κ2) is 7.98. The summed E-state index contributed by atoms with van der Waals surface area (Å²) < 4.78 is 31.9. The highest BCUT2D eigenvalue weighted by Gasteiger charge is 2.34. The maximum atomic E-state index is 13.2. The molecule has 4 rings (SSSR count). The number of terminal acetylenes is 1. The molecular formula is C23H19NO4S2. The molecule has 2 heterocycles. The quantitative estimate of drug-likeness (QED) is 0.602. The largest absolute Gasteiger partial charge is 0.481 e. The van der Waals surface area contributed by atoms with E-state index in [4.69, 9.17) is 11.2 Å².